The molecular weight excluding hydrogens is 322 g/mol. The summed E-state index contributed by atoms with van der Waals surface area (Å²) in [7, 11) is 0. The molecule has 1 aliphatic carbocycles. The smallest absolute Gasteiger partial charge is 0.234 e. The highest BCUT2D eigenvalue weighted by Crippen LogP contribution is 2.31. The number of nitrogens with one attached hydrogen (secondary N) is 1. The maximum absolute atomic E-state index is 12.0. The number of carbonyl (C=O) groups excluding carboxylic acids is 1. The number of aromatic nitrogens is 4. The number of anilines is 1. The van der Waals surface area contributed by atoms with Crippen molar-refractivity contribution in [2.24, 2.45) is 0 Å². The number of amides is 1. The van der Waals surface area contributed by atoms with E-state index in [-0.39, 0.29) is 11.7 Å². The van der Waals surface area contributed by atoms with E-state index < -0.39 is 0 Å². The topological polar surface area (TPSA) is 72.7 Å². The van der Waals surface area contributed by atoms with Gasteiger partial charge >= 0.3 is 0 Å². The van der Waals surface area contributed by atoms with Gasteiger partial charge in [-0.25, -0.2) is 4.68 Å². The van der Waals surface area contributed by atoms with Crippen molar-refractivity contribution >= 4 is 35.0 Å². The van der Waals surface area contributed by atoms with Gasteiger partial charge in [-0.1, -0.05) is 42.3 Å². The number of nitrogens with zero attached hydrogens (tertiary/aromatic N) is 4. The summed E-state index contributed by atoms with van der Waals surface area (Å²) in [6.07, 6.45) is 4.63. The van der Waals surface area contributed by atoms with Crippen LogP contribution in [0, 0.1) is 0 Å². The molecule has 1 fully saturated rings. The lowest BCUT2D eigenvalue weighted by Gasteiger charge is -2.10. The Labute approximate surface area is 137 Å². The predicted octanol–water partition coefficient (Wildman–Crippen LogP) is 3.17. The third-order valence-electron chi connectivity index (χ3n) is 3.57. The van der Waals surface area contributed by atoms with Gasteiger partial charge in [0, 0.05) is 10.7 Å². The third kappa shape index (κ3) is 3.78. The van der Waals surface area contributed by atoms with Gasteiger partial charge in [-0.15, -0.1) is 5.10 Å². The molecule has 1 amide bonds. The van der Waals surface area contributed by atoms with Gasteiger partial charge in [-0.3, -0.25) is 4.79 Å². The first-order valence-corrected chi connectivity index (χ1v) is 8.55. The summed E-state index contributed by atoms with van der Waals surface area (Å²) >= 11 is 7.25. The molecule has 1 heterocycles. The Kier molecular flexibility index (Phi) is 4.94. The number of hydrogen-bond acceptors (Lipinski definition) is 5. The molecule has 1 aromatic heterocycles. The Morgan fingerprint density at radius 3 is 3.00 bits per heavy atom. The second-order valence-electron chi connectivity index (χ2n) is 5.19. The second-order valence-corrected chi connectivity index (χ2v) is 6.57. The molecule has 6 nitrogen and oxygen atoms in total. The van der Waals surface area contributed by atoms with E-state index in [1.54, 1.807) is 24.3 Å². The summed E-state index contributed by atoms with van der Waals surface area (Å²) in [5.41, 5.74) is 0.688. The van der Waals surface area contributed by atoms with Crippen molar-refractivity contribution in [3.05, 3.63) is 29.3 Å². The van der Waals surface area contributed by atoms with Crippen molar-refractivity contribution < 1.29 is 4.79 Å². The fourth-order valence-electron chi connectivity index (χ4n) is 2.55. The van der Waals surface area contributed by atoms with Gasteiger partial charge in [0.05, 0.1) is 11.8 Å². The van der Waals surface area contributed by atoms with Crippen LogP contribution in [0.5, 0.6) is 0 Å². The molecule has 0 aliphatic heterocycles. The zero-order valence-corrected chi connectivity index (χ0v) is 13.5. The molecule has 0 unspecified atom stereocenters. The van der Waals surface area contributed by atoms with Crippen LogP contribution in [-0.2, 0) is 4.79 Å². The van der Waals surface area contributed by atoms with E-state index in [1.807, 2.05) is 4.68 Å². The van der Waals surface area contributed by atoms with E-state index in [1.165, 1.54) is 24.6 Å². The van der Waals surface area contributed by atoms with Crippen LogP contribution in [0.25, 0.3) is 0 Å². The molecule has 0 saturated heterocycles. The average molecular weight is 338 g/mol. The largest absolute Gasteiger partial charge is 0.325 e. The summed E-state index contributed by atoms with van der Waals surface area (Å²) in [6, 6.07) is 7.45. The van der Waals surface area contributed by atoms with Gasteiger partial charge < -0.3 is 5.32 Å². The van der Waals surface area contributed by atoms with E-state index in [9.17, 15) is 4.79 Å². The summed E-state index contributed by atoms with van der Waals surface area (Å²) in [5.74, 6) is 0.160. The van der Waals surface area contributed by atoms with Gasteiger partial charge in [-0.05, 0) is 41.5 Å². The van der Waals surface area contributed by atoms with E-state index in [0.717, 1.165) is 12.8 Å². The van der Waals surface area contributed by atoms with Gasteiger partial charge in [-0.2, -0.15) is 0 Å². The first-order chi connectivity index (χ1) is 10.7. The number of rotatable bonds is 5. The van der Waals surface area contributed by atoms with Crippen LogP contribution < -0.4 is 5.32 Å². The maximum Gasteiger partial charge on any atom is 0.234 e. The van der Waals surface area contributed by atoms with Crippen molar-refractivity contribution in [3.8, 4) is 0 Å². The standard InChI is InChI=1S/C14H16ClN5OS/c15-10-4-3-5-11(8-10)16-13(21)9-22-14-17-18-19-20(14)12-6-1-2-7-12/h3-5,8,12H,1-2,6-7,9H2,(H,16,21). The molecule has 3 rings (SSSR count). The Morgan fingerprint density at radius 2 is 2.23 bits per heavy atom. The van der Waals surface area contributed by atoms with Gasteiger partial charge in [0.2, 0.25) is 11.1 Å². The Bertz CT molecular complexity index is 656. The van der Waals surface area contributed by atoms with Crippen LogP contribution in [0.3, 0.4) is 0 Å². The summed E-state index contributed by atoms with van der Waals surface area (Å²) < 4.78 is 1.85. The van der Waals surface area contributed by atoms with Crippen molar-refractivity contribution in [2.75, 3.05) is 11.1 Å². The number of tetrazole rings is 1. The molecule has 0 spiro atoms. The molecule has 1 saturated carbocycles. The maximum atomic E-state index is 12.0. The van der Waals surface area contributed by atoms with Gasteiger partial charge in [0.15, 0.2) is 0 Å². The highest BCUT2D eigenvalue weighted by Gasteiger charge is 2.22. The van der Waals surface area contributed by atoms with Crippen molar-refractivity contribution in [1.29, 1.82) is 0 Å². The average Bonchev–Trinajstić information content (AvgIpc) is 3.16. The summed E-state index contributed by atoms with van der Waals surface area (Å²) in [4.78, 5) is 12.0. The quantitative estimate of drug-likeness (QED) is 0.848. The SMILES string of the molecule is O=C(CSc1nnnn1C1CCCC1)Nc1cccc(Cl)c1. The van der Waals surface area contributed by atoms with Crippen molar-refractivity contribution in [1.82, 2.24) is 20.2 Å². The van der Waals surface area contributed by atoms with Gasteiger partial charge in [0.1, 0.15) is 0 Å². The van der Waals surface area contributed by atoms with E-state index in [2.05, 4.69) is 20.8 Å². The molecule has 1 aliphatic rings. The molecule has 2 aromatic rings. The Morgan fingerprint density at radius 1 is 1.41 bits per heavy atom. The highest BCUT2D eigenvalue weighted by atomic mass is 35.5. The zero-order valence-electron chi connectivity index (χ0n) is 11.9. The molecule has 0 atom stereocenters. The highest BCUT2D eigenvalue weighted by molar-refractivity contribution is 7.99. The minimum atomic E-state index is -0.103. The fraction of sp³-hybridized carbons (Fsp3) is 0.429. The lowest BCUT2D eigenvalue weighted by molar-refractivity contribution is -0.113. The molecule has 1 N–H and O–H groups in total. The lowest BCUT2D eigenvalue weighted by Crippen LogP contribution is -2.15. The van der Waals surface area contributed by atoms with Crippen LogP contribution >= 0.6 is 23.4 Å². The minimum Gasteiger partial charge on any atom is -0.325 e. The number of carbonyl (C=O) groups is 1. The van der Waals surface area contributed by atoms with Crippen LogP contribution in [0.15, 0.2) is 29.4 Å². The summed E-state index contributed by atoms with van der Waals surface area (Å²) in [6.45, 7) is 0. The van der Waals surface area contributed by atoms with Crippen LogP contribution in [0.2, 0.25) is 5.02 Å². The first kappa shape index (κ1) is 15.3. The van der Waals surface area contributed by atoms with E-state index in [0.29, 0.717) is 21.9 Å². The minimum absolute atomic E-state index is 0.103. The number of benzene rings is 1. The van der Waals surface area contributed by atoms with Crippen molar-refractivity contribution in [2.45, 2.75) is 36.9 Å². The molecule has 8 heteroatoms. The third-order valence-corrected chi connectivity index (χ3v) is 4.74. The second kappa shape index (κ2) is 7.11. The number of halogens is 1. The number of thioether (sulfide) groups is 1. The molecule has 116 valence electrons. The normalized spacial score (nSPS) is 15.1. The van der Waals surface area contributed by atoms with E-state index >= 15 is 0 Å². The lowest BCUT2D eigenvalue weighted by atomic mass is 10.3. The van der Waals surface area contributed by atoms with Gasteiger partial charge in [0.25, 0.3) is 0 Å². The monoisotopic (exact) mass is 337 g/mol. The Hall–Kier alpha value is -1.60. The molecule has 0 bridgehead atoms. The zero-order chi connectivity index (χ0) is 15.4. The Balaban J connectivity index is 1.56. The predicted molar refractivity (Wildman–Crippen MR) is 86.1 cm³/mol. The molecule has 22 heavy (non-hydrogen) atoms. The fourth-order valence-corrected chi connectivity index (χ4v) is 3.49. The van der Waals surface area contributed by atoms with Crippen LogP contribution in [0.4, 0.5) is 5.69 Å². The number of hydrogen-bond donors (Lipinski definition) is 1. The summed E-state index contributed by atoms with van der Waals surface area (Å²) in [5, 5.41) is 15.9. The first-order valence-electron chi connectivity index (χ1n) is 7.18. The van der Waals surface area contributed by atoms with Crippen molar-refractivity contribution in [3.63, 3.8) is 0 Å². The molecule has 1 aromatic carbocycles. The van der Waals surface area contributed by atoms with Crippen LogP contribution in [0.1, 0.15) is 31.7 Å². The molecular formula is C14H16ClN5OS. The molecule has 0 radical (unpaired) electrons. The van der Waals surface area contributed by atoms with E-state index in [4.69, 9.17) is 11.6 Å². The van der Waals surface area contributed by atoms with Crippen LogP contribution in [-0.4, -0.2) is 31.9 Å².